The van der Waals surface area contributed by atoms with Crippen LogP contribution in [0.5, 0.6) is 0 Å². The van der Waals surface area contributed by atoms with E-state index >= 15 is 0 Å². The van der Waals surface area contributed by atoms with Gasteiger partial charge in [-0.05, 0) is 31.2 Å². The second-order valence-corrected chi connectivity index (χ2v) is 8.02. The molecular formula is C16H20FN3O3S. The number of aromatic nitrogens is 2. The maximum absolute atomic E-state index is 13.6. The molecule has 1 N–H and O–H groups in total. The lowest BCUT2D eigenvalue weighted by molar-refractivity contribution is 0.413. The summed E-state index contributed by atoms with van der Waals surface area (Å²) in [6.45, 7) is 1.74. The fourth-order valence-corrected chi connectivity index (χ4v) is 4.60. The highest BCUT2D eigenvalue weighted by atomic mass is 32.2. The van der Waals surface area contributed by atoms with Crippen LogP contribution in [0.4, 0.5) is 4.39 Å². The summed E-state index contributed by atoms with van der Waals surface area (Å²) in [5, 5.41) is 7.78. The van der Waals surface area contributed by atoms with Crippen LogP contribution >= 0.6 is 0 Å². The highest BCUT2D eigenvalue weighted by molar-refractivity contribution is 7.88. The second kappa shape index (κ2) is 6.98. The molecule has 0 aliphatic heterocycles. The van der Waals surface area contributed by atoms with E-state index in [2.05, 4.69) is 14.9 Å². The average molecular weight is 353 g/mol. The Labute approximate surface area is 140 Å². The van der Waals surface area contributed by atoms with Crippen molar-refractivity contribution >= 4 is 10.0 Å². The SMILES string of the molecule is Cc1nnc(C[C@@H]2CC[C@H](NS(=O)(=O)Cc3ccccc3F)C2)o1. The third-order valence-corrected chi connectivity index (χ3v) is 5.61. The molecule has 1 aromatic carbocycles. The molecule has 0 unspecified atom stereocenters. The van der Waals surface area contributed by atoms with E-state index in [9.17, 15) is 12.8 Å². The van der Waals surface area contributed by atoms with E-state index in [-0.39, 0.29) is 17.4 Å². The molecule has 0 radical (unpaired) electrons. The third-order valence-electron chi connectivity index (χ3n) is 4.22. The Balaban J connectivity index is 1.55. The summed E-state index contributed by atoms with van der Waals surface area (Å²) in [7, 11) is -3.57. The number of nitrogens with one attached hydrogen (secondary N) is 1. The molecule has 6 nitrogen and oxygen atoms in total. The number of benzene rings is 1. The number of nitrogens with zero attached hydrogens (tertiary/aromatic N) is 2. The minimum Gasteiger partial charge on any atom is -0.426 e. The molecule has 1 saturated carbocycles. The Kier molecular flexibility index (Phi) is 4.96. The van der Waals surface area contributed by atoms with Gasteiger partial charge in [-0.1, -0.05) is 18.2 Å². The van der Waals surface area contributed by atoms with Gasteiger partial charge in [0.25, 0.3) is 0 Å². The van der Waals surface area contributed by atoms with Gasteiger partial charge in [0.2, 0.25) is 21.8 Å². The molecule has 0 bridgehead atoms. The number of hydrogen-bond acceptors (Lipinski definition) is 5. The molecule has 2 atom stereocenters. The number of aryl methyl sites for hydroxylation is 1. The predicted octanol–water partition coefficient (Wildman–Crippen LogP) is 2.35. The lowest BCUT2D eigenvalue weighted by Gasteiger charge is -2.13. The van der Waals surface area contributed by atoms with Gasteiger partial charge >= 0.3 is 0 Å². The van der Waals surface area contributed by atoms with Crippen molar-refractivity contribution in [3.8, 4) is 0 Å². The van der Waals surface area contributed by atoms with Gasteiger partial charge in [-0.2, -0.15) is 0 Å². The van der Waals surface area contributed by atoms with Gasteiger partial charge in [0.15, 0.2) is 0 Å². The van der Waals surface area contributed by atoms with Crippen LogP contribution in [-0.2, 0) is 22.2 Å². The largest absolute Gasteiger partial charge is 0.426 e. The molecule has 8 heteroatoms. The van der Waals surface area contributed by atoms with Gasteiger partial charge in [0.05, 0.1) is 5.75 Å². The molecule has 130 valence electrons. The molecule has 1 fully saturated rings. The summed E-state index contributed by atoms with van der Waals surface area (Å²) in [5.41, 5.74) is 0.181. The maximum atomic E-state index is 13.6. The Morgan fingerprint density at radius 1 is 1.29 bits per heavy atom. The van der Waals surface area contributed by atoms with Crippen LogP contribution in [0.2, 0.25) is 0 Å². The van der Waals surface area contributed by atoms with E-state index in [1.807, 2.05) is 0 Å². The van der Waals surface area contributed by atoms with Crippen LogP contribution < -0.4 is 4.72 Å². The number of sulfonamides is 1. The van der Waals surface area contributed by atoms with E-state index < -0.39 is 15.8 Å². The van der Waals surface area contributed by atoms with Crippen LogP contribution in [-0.4, -0.2) is 24.7 Å². The van der Waals surface area contributed by atoms with Crippen molar-refractivity contribution in [3.05, 3.63) is 47.4 Å². The van der Waals surface area contributed by atoms with E-state index in [1.165, 1.54) is 12.1 Å². The first-order valence-electron chi connectivity index (χ1n) is 7.93. The van der Waals surface area contributed by atoms with Gasteiger partial charge in [0, 0.05) is 24.9 Å². The first-order valence-corrected chi connectivity index (χ1v) is 9.59. The van der Waals surface area contributed by atoms with Crippen molar-refractivity contribution in [2.45, 2.75) is 44.4 Å². The van der Waals surface area contributed by atoms with Gasteiger partial charge in [0.1, 0.15) is 5.82 Å². The number of rotatable bonds is 6. The summed E-state index contributed by atoms with van der Waals surface area (Å²) in [4.78, 5) is 0. The quantitative estimate of drug-likeness (QED) is 0.862. The fourth-order valence-electron chi connectivity index (χ4n) is 3.15. The third kappa shape index (κ3) is 4.39. The van der Waals surface area contributed by atoms with E-state index in [0.717, 1.165) is 19.3 Å². The summed E-state index contributed by atoms with van der Waals surface area (Å²) in [6.07, 6.45) is 3.03. The predicted molar refractivity (Wildman–Crippen MR) is 86.0 cm³/mol. The maximum Gasteiger partial charge on any atom is 0.216 e. The summed E-state index contributed by atoms with van der Waals surface area (Å²) >= 11 is 0. The molecule has 1 aromatic heterocycles. The molecule has 2 aromatic rings. The van der Waals surface area contributed by atoms with E-state index in [4.69, 9.17) is 4.42 Å². The fraction of sp³-hybridized carbons (Fsp3) is 0.500. The van der Waals surface area contributed by atoms with Crippen molar-refractivity contribution in [1.29, 1.82) is 0 Å². The highest BCUT2D eigenvalue weighted by Crippen LogP contribution is 2.29. The van der Waals surface area contributed by atoms with Crippen LogP contribution in [0, 0.1) is 18.7 Å². The Morgan fingerprint density at radius 2 is 2.08 bits per heavy atom. The average Bonchev–Trinajstić information content (AvgIpc) is 3.10. The normalized spacial score (nSPS) is 21.2. The van der Waals surface area contributed by atoms with Crippen LogP contribution in [0.15, 0.2) is 28.7 Å². The number of halogens is 1. The van der Waals surface area contributed by atoms with Crippen molar-refractivity contribution < 1.29 is 17.2 Å². The lowest BCUT2D eigenvalue weighted by Crippen LogP contribution is -2.34. The minimum absolute atomic E-state index is 0.129. The first-order chi connectivity index (χ1) is 11.4. The molecule has 0 spiro atoms. The molecule has 1 aliphatic rings. The van der Waals surface area contributed by atoms with Crippen LogP contribution in [0.3, 0.4) is 0 Å². The van der Waals surface area contributed by atoms with Crippen molar-refractivity contribution in [2.24, 2.45) is 5.92 Å². The topological polar surface area (TPSA) is 85.1 Å². The molecule has 0 saturated heterocycles. The Hall–Kier alpha value is -1.80. The molecule has 24 heavy (non-hydrogen) atoms. The van der Waals surface area contributed by atoms with E-state index in [1.54, 1.807) is 19.1 Å². The zero-order valence-corrected chi connectivity index (χ0v) is 14.2. The standard InChI is InChI=1S/C16H20FN3O3S/c1-11-18-19-16(23-11)9-12-6-7-14(8-12)20-24(21,22)10-13-4-2-3-5-15(13)17/h2-5,12,14,20H,6-10H2,1H3/t12-,14+/m1/s1. The van der Waals surface area contributed by atoms with Gasteiger partial charge in [-0.15, -0.1) is 10.2 Å². The van der Waals surface area contributed by atoms with Crippen LogP contribution in [0.1, 0.15) is 36.6 Å². The van der Waals surface area contributed by atoms with Gasteiger partial charge in [-0.25, -0.2) is 17.5 Å². The van der Waals surface area contributed by atoms with E-state index in [0.29, 0.717) is 24.1 Å². The molecule has 0 amide bonds. The zero-order valence-electron chi connectivity index (χ0n) is 13.4. The molecule has 1 aliphatic carbocycles. The Bertz CT molecular complexity index is 806. The first kappa shape index (κ1) is 17.0. The van der Waals surface area contributed by atoms with Gasteiger partial charge < -0.3 is 4.42 Å². The van der Waals surface area contributed by atoms with Crippen molar-refractivity contribution in [2.75, 3.05) is 0 Å². The molecular weight excluding hydrogens is 333 g/mol. The highest BCUT2D eigenvalue weighted by Gasteiger charge is 2.29. The van der Waals surface area contributed by atoms with Crippen molar-refractivity contribution in [1.82, 2.24) is 14.9 Å². The molecule has 1 heterocycles. The monoisotopic (exact) mass is 353 g/mol. The lowest BCUT2D eigenvalue weighted by atomic mass is 10.0. The summed E-state index contributed by atoms with van der Waals surface area (Å²) < 4.78 is 46.2. The Morgan fingerprint density at radius 3 is 2.79 bits per heavy atom. The summed E-state index contributed by atoms with van der Waals surface area (Å²) in [6, 6.07) is 5.80. The molecule has 3 rings (SSSR count). The second-order valence-electron chi connectivity index (χ2n) is 6.26. The van der Waals surface area contributed by atoms with Crippen molar-refractivity contribution in [3.63, 3.8) is 0 Å². The minimum atomic E-state index is -3.57. The number of hydrogen-bond donors (Lipinski definition) is 1. The zero-order chi connectivity index (χ0) is 17.2. The van der Waals surface area contributed by atoms with Crippen LogP contribution in [0.25, 0.3) is 0 Å². The smallest absolute Gasteiger partial charge is 0.216 e. The van der Waals surface area contributed by atoms with Gasteiger partial charge in [-0.3, -0.25) is 0 Å². The summed E-state index contributed by atoms with van der Waals surface area (Å²) in [5.74, 6) is 0.589.